The molecule has 1 N–H and O–H groups in total. The first-order chi connectivity index (χ1) is 12.6. The zero-order valence-electron chi connectivity index (χ0n) is 14.6. The number of piperidine rings is 3. The number of fused-ring (bicyclic) bond motifs is 3. The van der Waals surface area contributed by atoms with Crippen LogP contribution in [0, 0.1) is 17.2 Å². The molecule has 3 saturated heterocycles. The third kappa shape index (κ3) is 3.33. The standard InChI is InChI=1S/C20H21N3O2S/c1-13-19(15-7-9-23(13)10-8-15)22-20(24)17-5-6-18(26-17)25-16-4-2-3-14(11-16)12-21/h2-6,11,13,15,19H,7-10H2,1H3,(H,22,24). The van der Waals surface area contributed by atoms with E-state index in [0.717, 1.165) is 13.1 Å². The fourth-order valence-corrected chi connectivity index (χ4v) is 4.79. The highest BCUT2D eigenvalue weighted by molar-refractivity contribution is 7.15. The van der Waals surface area contributed by atoms with Crippen molar-refractivity contribution in [2.45, 2.75) is 31.8 Å². The molecule has 1 aromatic carbocycles. The molecule has 2 bridgehead atoms. The number of rotatable bonds is 4. The highest BCUT2D eigenvalue weighted by Gasteiger charge is 2.40. The van der Waals surface area contributed by atoms with Crippen LogP contribution in [0.2, 0.25) is 0 Å². The van der Waals surface area contributed by atoms with Crippen LogP contribution in [0.4, 0.5) is 0 Å². The summed E-state index contributed by atoms with van der Waals surface area (Å²) in [4.78, 5) is 15.8. The maximum Gasteiger partial charge on any atom is 0.261 e. The van der Waals surface area contributed by atoms with Crippen LogP contribution in [0.3, 0.4) is 0 Å². The Morgan fingerprint density at radius 2 is 2.12 bits per heavy atom. The predicted octanol–water partition coefficient (Wildman–Crippen LogP) is 3.62. The van der Waals surface area contributed by atoms with Gasteiger partial charge in [-0.25, -0.2) is 0 Å². The second kappa shape index (κ2) is 7.10. The summed E-state index contributed by atoms with van der Waals surface area (Å²) < 4.78 is 5.79. The molecule has 26 heavy (non-hydrogen) atoms. The molecular formula is C20H21N3O2S. The van der Waals surface area contributed by atoms with Crippen molar-refractivity contribution in [3.8, 4) is 16.9 Å². The molecule has 1 aromatic heterocycles. The number of thiophene rings is 1. The van der Waals surface area contributed by atoms with Crippen LogP contribution in [0.15, 0.2) is 36.4 Å². The number of benzene rings is 1. The summed E-state index contributed by atoms with van der Waals surface area (Å²) in [5.74, 6) is 1.16. The molecule has 3 aliphatic rings. The smallest absolute Gasteiger partial charge is 0.261 e. The molecule has 134 valence electrons. The van der Waals surface area contributed by atoms with Gasteiger partial charge >= 0.3 is 0 Å². The van der Waals surface area contributed by atoms with E-state index < -0.39 is 0 Å². The van der Waals surface area contributed by atoms with Crippen molar-refractivity contribution in [3.05, 3.63) is 46.8 Å². The van der Waals surface area contributed by atoms with Gasteiger partial charge in [0.05, 0.1) is 16.5 Å². The molecule has 3 aliphatic heterocycles. The minimum atomic E-state index is -0.0266. The van der Waals surface area contributed by atoms with E-state index in [2.05, 4.69) is 23.2 Å². The predicted molar refractivity (Wildman–Crippen MR) is 101 cm³/mol. The van der Waals surface area contributed by atoms with Crippen molar-refractivity contribution >= 4 is 17.2 Å². The molecule has 6 heteroatoms. The van der Waals surface area contributed by atoms with E-state index >= 15 is 0 Å². The second-order valence-corrected chi connectivity index (χ2v) is 8.02. The van der Waals surface area contributed by atoms with E-state index in [1.54, 1.807) is 36.4 Å². The van der Waals surface area contributed by atoms with Crippen LogP contribution in [-0.2, 0) is 0 Å². The van der Waals surface area contributed by atoms with Crippen LogP contribution < -0.4 is 10.1 Å². The molecule has 4 heterocycles. The Kier molecular flexibility index (Phi) is 4.66. The van der Waals surface area contributed by atoms with Gasteiger partial charge in [-0.05, 0) is 69.1 Å². The zero-order valence-corrected chi connectivity index (χ0v) is 15.5. The average molecular weight is 367 g/mol. The Bertz CT molecular complexity index is 847. The summed E-state index contributed by atoms with van der Waals surface area (Å²) >= 11 is 1.33. The summed E-state index contributed by atoms with van der Waals surface area (Å²) in [5, 5.41) is 12.9. The van der Waals surface area contributed by atoms with Crippen LogP contribution in [0.1, 0.15) is 35.0 Å². The maximum absolute atomic E-state index is 12.7. The lowest BCUT2D eigenvalue weighted by molar-refractivity contribution is 0.0218. The highest BCUT2D eigenvalue weighted by atomic mass is 32.1. The molecule has 2 aromatic rings. The fraction of sp³-hybridized carbons (Fsp3) is 0.400. The summed E-state index contributed by atoms with van der Waals surface area (Å²) in [6.07, 6.45) is 2.34. The van der Waals surface area contributed by atoms with Gasteiger partial charge in [0.15, 0.2) is 5.06 Å². The molecule has 3 fully saturated rings. The molecule has 5 nitrogen and oxygen atoms in total. The molecule has 0 aliphatic carbocycles. The first-order valence-electron chi connectivity index (χ1n) is 8.97. The second-order valence-electron chi connectivity index (χ2n) is 6.97. The lowest BCUT2D eigenvalue weighted by Gasteiger charge is -2.49. The minimum Gasteiger partial charge on any atom is -0.447 e. The van der Waals surface area contributed by atoms with Gasteiger partial charge in [0.2, 0.25) is 0 Å². The van der Waals surface area contributed by atoms with Gasteiger partial charge in [-0.15, -0.1) is 0 Å². The SMILES string of the molecule is CC1C(NC(=O)c2ccc(Oc3cccc(C#N)c3)s2)C2CCN1CC2. The van der Waals surface area contributed by atoms with Crippen LogP contribution in [-0.4, -0.2) is 36.0 Å². The Hall–Kier alpha value is -2.36. The lowest BCUT2D eigenvalue weighted by Crippen LogP contribution is -2.62. The molecular weight excluding hydrogens is 346 g/mol. The number of carbonyl (C=O) groups is 1. The van der Waals surface area contributed by atoms with Crippen molar-refractivity contribution in [1.29, 1.82) is 5.26 Å². The monoisotopic (exact) mass is 367 g/mol. The van der Waals surface area contributed by atoms with E-state index in [4.69, 9.17) is 10.00 Å². The van der Waals surface area contributed by atoms with Gasteiger partial charge in [-0.3, -0.25) is 9.69 Å². The van der Waals surface area contributed by atoms with E-state index in [-0.39, 0.29) is 11.9 Å². The molecule has 0 radical (unpaired) electrons. The fourth-order valence-electron chi connectivity index (χ4n) is 4.01. The zero-order chi connectivity index (χ0) is 18.1. The van der Waals surface area contributed by atoms with E-state index in [1.165, 1.54) is 24.2 Å². The molecule has 0 spiro atoms. The third-order valence-electron chi connectivity index (χ3n) is 5.46. The lowest BCUT2D eigenvalue weighted by atomic mass is 9.79. The van der Waals surface area contributed by atoms with Gasteiger partial charge in [-0.1, -0.05) is 17.4 Å². The number of carbonyl (C=O) groups excluding carboxylic acids is 1. The average Bonchev–Trinajstić information content (AvgIpc) is 3.13. The van der Waals surface area contributed by atoms with Crippen LogP contribution >= 0.6 is 11.3 Å². The van der Waals surface area contributed by atoms with Crippen molar-refractivity contribution in [1.82, 2.24) is 10.2 Å². The quantitative estimate of drug-likeness (QED) is 0.896. The number of hydrogen-bond donors (Lipinski definition) is 1. The Labute approximate surface area is 157 Å². The van der Waals surface area contributed by atoms with Crippen LogP contribution in [0.5, 0.6) is 10.8 Å². The van der Waals surface area contributed by atoms with Crippen molar-refractivity contribution in [3.63, 3.8) is 0 Å². The molecule has 1 amide bonds. The number of nitrogens with zero attached hydrogens (tertiary/aromatic N) is 2. The van der Waals surface area contributed by atoms with Crippen LogP contribution in [0.25, 0.3) is 0 Å². The normalized spacial score (nSPS) is 26.9. The summed E-state index contributed by atoms with van der Waals surface area (Å²) in [6, 6.07) is 13.3. The third-order valence-corrected chi connectivity index (χ3v) is 6.42. The summed E-state index contributed by atoms with van der Waals surface area (Å²) in [6.45, 7) is 4.51. The van der Waals surface area contributed by atoms with Crippen molar-refractivity contribution in [2.24, 2.45) is 5.92 Å². The topological polar surface area (TPSA) is 65.4 Å². The Morgan fingerprint density at radius 1 is 1.31 bits per heavy atom. The molecule has 5 rings (SSSR count). The van der Waals surface area contributed by atoms with Crippen molar-refractivity contribution in [2.75, 3.05) is 13.1 Å². The summed E-state index contributed by atoms with van der Waals surface area (Å²) in [7, 11) is 0. The molecule has 2 unspecified atom stereocenters. The first-order valence-corrected chi connectivity index (χ1v) is 9.78. The molecule has 0 saturated carbocycles. The van der Waals surface area contributed by atoms with Gasteiger partial charge in [0.1, 0.15) is 5.75 Å². The van der Waals surface area contributed by atoms with Gasteiger partial charge in [0.25, 0.3) is 5.91 Å². The highest BCUT2D eigenvalue weighted by Crippen LogP contribution is 2.33. The minimum absolute atomic E-state index is 0.0266. The van der Waals surface area contributed by atoms with Gasteiger partial charge in [-0.2, -0.15) is 5.26 Å². The van der Waals surface area contributed by atoms with E-state index in [1.807, 2.05) is 0 Å². The Morgan fingerprint density at radius 3 is 2.85 bits per heavy atom. The number of amides is 1. The van der Waals surface area contributed by atoms with E-state index in [0.29, 0.717) is 33.2 Å². The van der Waals surface area contributed by atoms with Gasteiger partial charge < -0.3 is 10.1 Å². The number of nitrogens with one attached hydrogen (secondary N) is 1. The largest absolute Gasteiger partial charge is 0.447 e. The maximum atomic E-state index is 12.7. The summed E-state index contributed by atoms with van der Waals surface area (Å²) in [5.41, 5.74) is 0.549. The number of ether oxygens (including phenoxy) is 1. The molecule has 2 atom stereocenters. The van der Waals surface area contributed by atoms with Crippen molar-refractivity contribution < 1.29 is 9.53 Å². The number of nitriles is 1. The number of hydrogen-bond acceptors (Lipinski definition) is 5. The van der Waals surface area contributed by atoms with E-state index in [9.17, 15) is 4.79 Å². The van der Waals surface area contributed by atoms with Gasteiger partial charge in [0, 0.05) is 12.1 Å². The Balaban J connectivity index is 1.42. The first kappa shape index (κ1) is 17.1.